The Balaban J connectivity index is 1.79. The number of nitrogens with zero attached hydrogens (tertiary/aromatic N) is 4. The maximum absolute atomic E-state index is 6.22. The smallest absolute Gasteiger partial charge is 0.168 e. The zero-order valence-electron chi connectivity index (χ0n) is 12.3. The molecule has 118 valence electrons. The highest BCUT2D eigenvalue weighted by atomic mass is 35.5. The van der Waals surface area contributed by atoms with E-state index in [0.717, 1.165) is 11.1 Å². The minimum Gasteiger partial charge on any atom is -0.338 e. The number of anilines is 2. The summed E-state index contributed by atoms with van der Waals surface area (Å²) in [5.41, 5.74) is 2.36. The summed E-state index contributed by atoms with van der Waals surface area (Å²) in [6.45, 7) is 0. The molecule has 2 aromatic heterocycles. The number of hydrogen-bond donors (Lipinski definition) is 1. The zero-order valence-corrected chi connectivity index (χ0v) is 13.8. The first-order valence-corrected chi connectivity index (χ1v) is 7.94. The lowest BCUT2D eigenvalue weighted by atomic mass is 10.3. The number of aromatic nitrogens is 4. The van der Waals surface area contributed by atoms with E-state index in [1.54, 1.807) is 29.1 Å². The van der Waals surface area contributed by atoms with E-state index in [9.17, 15) is 0 Å². The number of fused-ring (bicyclic) bond motifs is 1. The molecule has 1 N–H and O–H groups in total. The molecular weight excluding hydrogens is 345 g/mol. The molecule has 0 amide bonds. The highest BCUT2D eigenvalue weighted by Gasteiger charge is 2.12. The molecule has 0 saturated carbocycles. The molecule has 4 aromatic rings. The van der Waals surface area contributed by atoms with Crippen molar-refractivity contribution in [2.45, 2.75) is 0 Å². The van der Waals surface area contributed by atoms with Crippen molar-refractivity contribution in [3.63, 3.8) is 0 Å². The van der Waals surface area contributed by atoms with Crippen molar-refractivity contribution in [3.05, 3.63) is 71.1 Å². The van der Waals surface area contributed by atoms with E-state index in [-0.39, 0.29) is 0 Å². The molecule has 0 aliphatic carbocycles. The van der Waals surface area contributed by atoms with Crippen molar-refractivity contribution in [1.29, 1.82) is 0 Å². The van der Waals surface area contributed by atoms with Crippen LogP contribution in [0, 0.1) is 0 Å². The second-order valence-electron chi connectivity index (χ2n) is 5.10. The molecule has 2 heterocycles. The number of nitrogens with one attached hydrogen (secondary N) is 1. The third-order valence-electron chi connectivity index (χ3n) is 3.55. The number of benzene rings is 2. The predicted molar refractivity (Wildman–Crippen MR) is 96.4 cm³/mol. The van der Waals surface area contributed by atoms with Crippen LogP contribution in [0.4, 0.5) is 11.5 Å². The van der Waals surface area contributed by atoms with Crippen molar-refractivity contribution in [2.24, 2.45) is 0 Å². The summed E-state index contributed by atoms with van der Waals surface area (Å²) in [6, 6.07) is 15.1. The highest BCUT2D eigenvalue weighted by Crippen LogP contribution is 2.30. The Kier molecular flexibility index (Phi) is 3.80. The Morgan fingerprint density at radius 2 is 1.79 bits per heavy atom. The third kappa shape index (κ3) is 2.68. The maximum Gasteiger partial charge on any atom is 0.168 e. The first kappa shape index (κ1) is 14.9. The van der Waals surface area contributed by atoms with E-state index in [1.165, 1.54) is 6.33 Å². The Hall–Kier alpha value is -2.63. The van der Waals surface area contributed by atoms with Gasteiger partial charge < -0.3 is 5.32 Å². The van der Waals surface area contributed by atoms with Gasteiger partial charge in [-0.1, -0.05) is 41.4 Å². The van der Waals surface area contributed by atoms with Crippen molar-refractivity contribution < 1.29 is 0 Å². The first-order valence-electron chi connectivity index (χ1n) is 7.18. The van der Waals surface area contributed by atoms with Crippen LogP contribution in [0.5, 0.6) is 0 Å². The van der Waals surface area contributed by atoms with E-state index in [4.69, 9.17) is 23.2 Å². The van der Waals surface area contributed by atoms with Crippen molar-refractivity contribution in [3.8, 4) is 5.69 Å². The molecule has 0 bridgehead atoms. The second-order valence-corrected chi connectivity index (χ2v) is 5.94. The Morgan fingerprint density at radius 3 is 2.58 bits per heavy atom. The molecule has 2 aromatic carbocycles. The van der Waals surface area contributed by atoms with Gasteiger partial charge >= 0.3 is 0 Å². The monoisotopic (exact) mass is 355 g/mol. The average molecular weight is 356 g/mol. The summed E-state index contributed by atoms with van der Waals surface area (Å²) in [4.78, 5) is 8.66. The Bertz CT molecular complexity index is 1010. The minimum absolute atomic E-state index is 0.518. The van der Waals surface area contributed by atoms with Gasteiger partial charge in [0.05, 0.1) is 28.0 Å². The van der Waals surface area contributed by atoms with Gasteiger partial charge in [0.15, 0.2) is 5.65 Å². The first-order chi connectivity index (χ1) is 11.7. The number of rotatable bonds is 3. The standard InChI is InChI=1S/C17H11Cl2N5/c18-11-6-7-15(14(19)8-11)23-16-13-9-22-24(17(13)21-10-20-16)12-4-2-1-3-5-12/h1-10H,(H,20,21,23). The van der Waals surface area contributed by atoms with Gasteiger partial charge in [0.2, 0.25) is 0 Å². The fourth-order valence-corrected chi connectivity index (χ4v) is 2.88. The summed E-state index contributed by atoms with van der Waals surface area (Å²) >= 11 is 12.2. The lowest BCUT2D eigenvalue weighted by Crippen LogP contribution is -1.99. The molecule has 0 spiro atoms. The molecule has 0 aliphatic heterocycles. The van der Waals surface area contributed by atoms with Crippen LogP contribution in [0.25, 0.3) is 16.7 Å². The number of para-hydroxylation sites is 1. The molecule has 0 unspecified atom stereocenters. The van der Waals surface area contributed by atoms with Gasteiger partial charge in [-0.05, 0) is 30.3 Å². The fraction of sp³-hybridized carbons (Fsp3) is 0. The highest BCUT2D eigenvalue weighted by molar-refractivity contribution is 6.36. The van der Waals surface area contributed by atoms with E-state index in [1.807, 2.05) is 30.3 Å². The van der Waals surface area contributed by atoms with Crippen LogP contribution in [0.2, 0.25) is 10.0 Å². The summed E-state index contributed by atoms with van der Waals surface area (Å²) in [5.74, 6) is 0.631. The summed E-state index contributed by atoms with van der Waals surface area (Å²) in [7, 11) is 0. The fourth-order valence-electron chi connectivity index (χ4n) is 2.42. The van der Waals surface area contributed by atoms with E-state index >= 15 is 0 Å². The zero-order chi connectivity index (χ0) is 16.5. The Labute approximate surface area is 147 Å². The average Bonchev–Trinajstić information content (AvgIpc) is 3.03. The molecule has 0 fully saturated rings. The molecule has 4 rings (SSSR count). The number of hydrogen-bond acceptors (Lipinski definition) is 4. The van der Waals surface area contributed by atoms with Gasteiger partial charge in [-0.2, -0.15) is 5.10 Å². The molecule has 0 atom stereocenters. The SMILES string of the molecule is Clc1ccc(Nc2ncnc3c2cnn3-c2ccccc2)c(Cl)c1. The van der Waals surface area contributed by atoms with E-state index < -0.39 is 0 Å². The summed E-state index contributed by atoms with van der Waals surface area (Å²) in [6.07, 6.45) is 3.23. The predicted octanol–water partition coefficient (Wildman–Crippen LogP) is 4.87. The summed E-state index contributed by atoms with van der Waals surface area (Å²) in [5, 5.41) is 9.53. The molecule has 7 heteroatoms. The molecule has 0 saturated heterocycles. The van der Waals surface area contributed by atoms with Gasteiger partial charge in [0.1, 0.15) is 12.1 Å². The van der Waals surface area contributed by atoms with Gasteiger partial charge in [-0.3, -0.25) is 0 Å². The van der Waals surface area contributed by atoms with Gasteiger partial charge in [-0.15, -0.1) is 0 Å². The molecule has 5 nitrogen and oxygen atoms in total. The molecule has 0 aliphatic rings. The third-order valence-corrected chi connectivity index (χ3v) is 4.10. The number of halogens is 2. The quantitative estimate of drug-likeness (QED) is 0.569. The van der Waals surface area contributed by atoms with Crippen molar-refractivity contribution in [2.75, 3.05) is 5.32 Å². The van der Waals surface area contributed by atoms with Crippen LogP contribution in [-0.2, 0) is 0 Å². The lowest BCUT2D eigenvalue weighted by molar-refractivity contribution is 0.895. The van der Waals surface area contributed by atoms with E-state index in [0.29, 0.717) is 27.2 Å². The van der Waals surface area contributed by atoms with Crippen LogP contribution < -0.4 is 5.32 Å². The van der Waals surface area contributed by atoms with Crippen molar-refractivity contribution >= 4 is 45.7 Å². The van der Waals surface area contributed by atoms with Crippen LogP contribution in [0.15, 0.2) is 61.1 Å². The topological polar surface area (TPSA) is 55.6 Å². The lowest BCUT2D eigenvalue weighted by Gasteiger charge is -2.09. The maximum atomic E-state index is 6.22. The van der Waals surface area contributed by atoms with Gasteiger partial charge in [0, 0.05) is 5.02 Å². The van der Waals surface area contributed by atoms with Gasteiger partial charge in [0.25, 0.3) is 0 Å². The molecule has 24 heavy (non-hydrogen) atoms. The minimum atomic E-state index is 0.518. The molecular formula is C17H11Cl2N5. The largest absolute Gasteiger partial charge is 0.338 e. The van der Waals surface area contributed by atoms with E-state index in [2.05, 4.69) is 20.4 Å². The van der Waals surface area contributed by atoms with Crippen LogP contribution >= 0.6 is 23.2 Å². The summed E-state index contributed by atoms with van der Waals surface area (Å²) < 4.78 is 1.77. The molecule has 0 radical (unpaired) electrons. The Morgan fingerprint density at radius 1 is 0.958 bits per heavy atom. The van der Waals surface area contributed by atoms with Crippen LogP contribution in [-0.4, -0.2) is 19.7 Å². The van der Waals surface area contributed by atoms with Crippen molar-refractivity contribution in [1.82, 2.24) is 19.7 Å². The second kappa shape index (κ2) is 6.11. The normalized spacial score (nSPS) is 10.9. The van der Waals surface area contributed by atoms with Crippen LogP contribution in [0.1, 0.15) is 0 Å². The van der Waals surface area contributed by atoms with Crippen LogP contribution in [0.3, 0.4) is 0 Å². The van der Waals surface area contributed by atoms with Gasteiger partial charge in [-0.25, -0.2) is 14.6 Å².